The van der Waals surface area contributed by atoms with E-state index in [1.54, 1.807) is 31.4 Å². The second-order valence-electron chi connectivity index (χ2n) is 4.03. The van der Waals surface area contributed by atoms with Gasteiger partial charge in [0.1, 0.15) is 5.75 Å². The Morgan fingerprint density at radius 3 is 2.74 bits per heavy atom. The molecule has 0 aliphatic heterocycles. The predicted molar refractivity (Wildman–Crippen MR) is 75.7 cm³/mol. The maximum absolute atomic E-state index is 12.2. The Morgan fingerprint density at radius 2 is 2.05 bits per heavy atom. The van der Waals surface area contributed by atoms with Crippen molar-refractivity contribution in [1.82, 2.24) is 4.98 Å². The number of ether oxygens (including phenoxy) is 1. The molecular formula is C13H14ClNO3S. The molecule has 19 heavy (non-hydrogen) atoms. The quantitative estimate of drug-likeness (QED) is 0.797. The molecule has 0 bridgehead atoms. The van der Waals surface area contributed by atoms with Crippen molar-refractivity contribution < 1.29 is 13.2 Å². The topological polar surface area (TPSA) is 56.3 Å². The fourth-order valence-electron chi connectivity index (χ4n) is 1.92. The summed E-state index contributed by atoms with van der Waals surface area (Å²) in [6.45, 7) is 0. The van der Waals surface area contributed by atoms with Gasteiger partial charge in [0.05, 0.1) is 12.9 Å². The van der Waals surface area contributed by atoms with Crippen LogP contribution < -0.4 is 4.74 Å². The van der Waals surface area contributed by atoms with E-state index in [2.05, 4.69) is 4.98 Å². The number of rotatable bonds is 5. The second-order valence-corrected chi connectivity index (χ2v) is 6.44. The smallest absolute Gasteiger partial charge is 0.196 e. The van der Waals surface area contributed by atoms with Gasteiger partial charge < -0.3 is 4.74 Å². The molecule has 0 aliphatic carbocycles. The maximum Gasteiger partial charge on any atom is 0.196 e. The summed E-state index contributed by atoms with van der Waals surface area (Å²) in [5.74, 6) is 0.946. The number of methoxy groups -OCH3 is 1. The van der Waals surface area contributed by atoms with Crippen LogP contribution in [0, 0.1) is 0 Å². The predicted octanol–water partition coefficient (Wildman–Crippen LogP) is 2.65. The highest BCUT2D eigenvalue weighted by Gasteiger charge is 2.19. The highest BCUT2D eigenvalue weighted by molar-refractivity contribution is 7.91. The summed E-state index contributed by atoms with van der Waals surface area (Å²) < 4.78 is 29.7. The third-order valence-corrected chi connectivity index (χ3v) is 4.80. The van der Waals surface area contributed by atoms with E-state index in [1.165, 1.54) is 6.20 Å². The van der Waals surface area contributed by atoms with Gasteiger partial charge in [0.15, 0.2) is 14.9 Å². The number of alkyl halides is 1. The lowest BCUT2D eigenvalue weighted by atomic mass is 10.1. The summed E-state index contributed by atoms with van der Waals surface area (Å²) in [7, 11) is -1.87. The zero-order chi connectivity index (χ0) is 13.9. The van der Waals surface area contributed by atoms with Gasteiger partial charge in [-0.3, -0.25) is 0 Å². The molecule has 4 nitrogen and oxygen atoms in total. The summed E-state index contributed by atoms with van der Waals surface area (Å²) in [5.41, 5.74) is 0. The van der Waals surface area contributed by atoms with E-state index < -0.39 is 9.84 Å². The number of nitrogens with zero attached hydrogens (tertiary/aromatic N) is 1. The molecule has 0 radical (unpaired) electrons. The zero-order valence-corrected chi connectivity index (χ0v) is 12.0. The molecule has 2 aromatic rings. The van der Waals surface area contributed by atoms with Crippen LogP contribution in [0.25, 0.3) is 10.8 Å². The summed E-state index contributed by atoms with van der Waals surface area (Å²) in [6.07, 6.45) is 1.89. The van der Waals surface area contributed by atoms with E-state index in [0.717, 1.165) is 5.39 Å². The maximum atomic E-state index is 12.2. The van der Waals surface area contributed by atoms with Gasteiger partial charge >= 0.3 is 0 Å². The van der Waals surface area contributed by atoms with Crippen molar-refractivity contribution in [2.24, 2.45) is 0 Å². The second kappa shape index (κ2) is 5.75. The molecule has 0 N–H and O–H groups in total. The molecular weight excluding hydrogens is 286 g/mol. The molecule has 0 amide bonds. The number of benzene rings is 1. The van der Waals surface area contributed by atoms with Crippen molar-refractivity contribution >= 4 is 32.2 Å². The fraction of sp³-hybridized carbons (Fsp3) is 0.308. The average molecular weight is 300 g/mol. The van der Waals surface area contributed by atoms with Crippen LogP contribution in [0.15, 0.2) is 35.5 Å². The number of halogens is 1. The summed E-state index contributed by atoms with van der Waals surface area (Å²) in [4.78, 5) is 4.02. The molecule has 0 fully saturated rings. The number of sulfone groups is 1. The molecule has 0 saturated heterocycles. The van der Waals surface area contributed by atoms with Gasteiger partial charge in [-0.05, 0) is 18.6 Å². The van der Waals surface area contributed by atoms with Crippen molar-refractivity contribution in [2.45, 2.75) is 11.4 Å². The Kier molecular flexibility index (Phi) is 4.27. The van der Waals surface area contributed by atoms with Crippen LogP contribution >= 0.6 is 11.6 Å². The Balaban J connectivity index is 2.62. The first kappa shape index (κ1) is 14.1. The van der Waals surface area contributed by atoms with Crippen molar-refractivity contribution in [3.63, 3.8) is 0 Å². The molecule has 0 spiro atoms. The molecule has 2 rings (SSSR count). The van der Waals surface area contributed by atoms with E-state index in [9.17, 15) is 8.42 Å². The lowest BCUT2D eigenvalue weighted by molar-refractivity contribution is 0.419. The van der Waals surface area contributed by atoms with E-state index in [4.69, 9.17) is 16.3 Å². The number of aromatic nitrogens is 1. The Hall–Kier alpha value is -1.33. The van der Waals surface area contributed by atoms with Crippen LogP contribution in [0.4, 0.5) is 0 Å². The number of hydrogen-bond donors (Lipinski definition) is 0. The molecule has 102 valence electrons. The van der Waals surface area contributed by atoms with Gasteiger partial charge in [-0.15, -0.1) is 11.6 Å². The van der Waals surface area contributed by atoms with Crippen LogP contribution in [0.3, 0.4) is 0 Å². The van der Waals surface area contributed by atoms with E-state index in [-0.39, 0.29) is 10.8 Å². The van der Waals surface area contributed by atoms with E-state index >= 15 is 0 Å². The van der Waals surface area contributed by atoms with Gasteiger partial charge in [-0.1, -0.05) is 12.1 Å². The lowest BCUT2D eigenvalue weighted by Gasteiger charge is -2.09. The summed E-state index contributed by atoms with van der Waals surface area (Å²) in [6, 6.07) is 7.02. The van der Waals surface area contributed by atoms with Crippen molar-refractivity contribution in [3.05, 3.63) is 30.5 Å². The third kappa shape index (κ3) is 2.82. The molecule has 6 heteroatoms. The van der Waals surface area contributed by atoms with E-state index in [0.29, 0.717) is 23.4 Å². The van der Waals surface area contributed by atoms with Crippen LogP contribution in [-0.4, -0.2) is 32.1 Å². The SMILES string of the molecule is COc1cccc2c(S(=O)(=O)CCCCl)nccc12. The minimum Gasteiger partial charge on any atom is -0.496 e. The Labute approximate surface area is 117 Å². The molecule has 1 aromatic heterocycles. The van der Waals surface area contributed by atoms with Crippen LogP contribution in [-0.2, 0) is 9.84 Å². The largest absolute Gasteiger partial charge is 0.496 e. The zero-order valence-electron chi connectivity index (χ0n) is 10.5. The first-order chi connectivity index (χ1) is 9.10. The van der Waals surface area contributed by atoms with E-state index in [1.807, 2.05) is 0 Å². The standard InChI is InChI=1S/C13H14ClNO3S/c1-18-12-5-2-4-11-10(12)6-8-15-13(11)19(16,17)9-3-7-14/h2,4-6,8H,3,7,9H2,1H3. The fourth-order valence-corrected chi connectivity index (χ4v) is 3.66. The van der Waals surface area contributed by atoms with Gasteiger partial charge in [0, 0.05) is 22.8 Å². The van der Waals surface area contributed by atoms with Crippen molar-refractivity contribution in [2.75, 3.05) is 18.7 Å². The van der Waals surface area contributed by atoms with Gasteiger partial charge in [0.25, 0.3) is 0 Å². The Bertz CT molecular complexity index is 685. The van der Waals surface area contributed by atoms with Gasteiger partial charge in [-0.25, -0.2) is 13.4 Å². The first-order valence-corrected chi connectivity index (χ1v) is 7.99. The first-order valence-electron chi connectivity index (χ1n) is 5.80. The summed E-state index contributed by atoms with van der Waals surface area (Å²) >= 11 is 5.56. The Morgan fingerprint density at radius 1 is 1.26 bits per heavy atom. The molecule has 0 aliphatic rings. The third-order valence-electron chi connectivity index (χ3n) is 2.79. The molecule has 0 atom stereocenters. The minimum atomic E-state index is -3.43. The van der Waals surface area contributed by atoms with Crippen LogP contribution in [0.1, 0.15) is 6.42 Å². The van der Waals surface area contributed by atoms with Crippen LogP contribution in [0.5, 0.6) is 5.75 Å². The highest BCUT2D eigenvalue weighted by Crippen LogP contribution is 2.29. The molecule has 0 unspecified atom stereocenters. The molecule has 1 heterocycles. The number of hydrogen-bond acceptors (Lipinski definition) is 4. The average Bonchev–Trinajstić information content (AvgIpc) is 2.43. The number of fused-ring (bicyclic) bond motifs is 1. The number of pyridine rings is 1. The summed E-state index contributed by atoms with van der Waals surface area (Å²) in [5, 5.41) is 1.41. The molecule has 1 aromatic carbocycles. The monoisotopic (exact) mass is 299 g/mol. The van der Waals surface area contributed by atoms with Crippen LogP contribution in [0.2, 0.25) is 0 Å². The molecule has 0 saturated carbocycles. The highest BCUT2D eigenvalue weighted by atomic mass is 35.5. The lowest BCUT2D eigenvalue weighted by Crippen LogP contribution is -2.10. The minimum absolute atomic E-state index is 0.000176. The van der Waals surface area contributed by atoms with Crippen molar-refractivity contribution in [1.29, 1.82) is 0 Å². The van der Waals surface area contributed by atoms with Gasteiger partial charge in [0.2, 0.25) is 0 Å². The van der Waals surface area contributed by atoms with Crippen molar-refractivity contribution in [3.8, 4) is 5.75 Å². The van der Waals surface area contributed by atoms with Gasteiger partial charge in [-0.2, -0.15) is 0 Å². The normalized spacial score (nSPS) is 11.7.